The summed E-state index contributed by atoms with van der Waals surface area (Å²) < 4.78 is 5.24. The zero-order valence-corrected chi connectivity index (χ0v) is 17.8. The Kier molecular flexibility index (Phi) is 7.38. The first-order valence-corrected chi connectivity index (χ1v) is 10.5. The van der Waals surface area contributed by atoms with Crippen LogP contribution < -0.4 is 5.32 Å². The highest BCUT2D eigenvalue weighted by Crippen LogP contribution is 2.24. The van der Waals surface area contributed by atoms with E-state index in [9.17, 15) is 14.4 Å². The van der Waals surface area contributed by atoms with Crippen molar-refractivity contribution in [2.45, 2.75) is 19.4 Å². The van der Waals surface area contributed by atoms with Crippen LogP contribution in [-0.2, 0) is 9.53 Å². The van der Waals surface area contributed by atoms with Crippen LogP contribution >= 0.6 is 22.9 Å². The Hall–Kier alpha value is -2.96. The average molecular weight is 442 g/mol. The van der Waals surface area contributed by atoms with Gasteiger partial charge in [-0.3, -0.25) is 9.59 Å². The lowest BCUT2D eigenvalue weighted by Gasteiger charge is -2.20. The molecule has 154 valence electrons. The SMILES string of the molecule is Cc1c(Cl)cccc1N[C@H](CC(=O)c1ccccc1)C(=O)OCC(=O)c1cccs1. The zero-order chi connectivity index (χ0) is 21.5. The van der Waals surface area contributed by atoms with Crippen LogP contribution in [0.4, 0.5) is 5.69 Å². The van der Waals surface area contributed by atoms with E-state index in [2.05, 4.69) is 5.32 Å². The van der Waals surface area contributed by atoms with E-state index < -0.39 is 12.0 Å². The van der Waals surface area contributed by atoms with E-state index in [1.807, 2.05) is 13.0 Å². The van der Waals surface area contributed by atoms with Gasteiger partial charge in [0.15, 0.2) is 12.4 Å². The molecule has 0 saturated carbocycles. The van der Waals surface area contributed by atoms with Gasteiger partial charge in [-0.1, -0.05) is 54.1 Å². The monoisotopic (exact) mass is 441 g/mol. The van der Waals surface area contributed by atoms with Crippen molar-refractivity contribution in [1.29, 1.82) is 0 Å². The second kappa shape index (κ2) is 10.2. The van der Waals surface area contributed by atoms with Gasteiger partial charge in [0.1, 0.15) is 6.04 Å². The van der Waals surface area contributed by atoms with Crippen LogP contribution in [0.2, 0.25) is 5.02 Å². The van der Waals surface area contributed by atoms with Crippen LogP contribution in [0.1, 0.15) is 32.0 Å². The lowest BCUT2D eigenvalue weighted by atomic mass is 10.0. The maximum atomic E-state index is 12.8. The minimum absolute atomic E-state index is 0.123. The van der Waals surface area contributed by atoms with Crippen LogP contribution in [0.5, 0.6) is 0 Å². The van der Waals surface area contributed by atoms with Gasteiger partial charge in [-0.15, -0.1) is 11.3 Å². The number of rotatable bonds is 9. The third-order valence-corrected chi connectivity index (χ3v) is 5.83. The zero-order valence-electron chi connectivity index (χ0n) is 16.3. The molecule has 0 aliphatic rings. The molecular formula is C23H20ClNO4S. The maximum Gasteiger partial charge on any atom is 0.329 e. The van der Waals surface area contributed by atoms with Crippen molar-refractivity contribution < 1.29 is 19.1 Å². The molecule has 3 rings (SSSR count). The fraction of sp³-hybridized carbons (Fsp3) is 0.174. The number of esters is 1. The summed E-state index contributed by atoms with van der Waals surface area (Å²) in [5.41, 5.74) is 1.86. The lowest BCUT2D eigenvalue weighted by Crippen LogP contribution is -2.35. The number of hydrogen-bond donors (Lipinski definition) is 1. The molecule has 0 amide bonds. The normalized spacial score (nSPS) is 11.5. The van der Waals surface area contributed by atoms with E-state index >= 15 is 0 Å². The molecule has 2 aromatic carbocycles. The Morgan fingerprint density at radius 3 is 2.47 bits per heavy atom. The molecular weight excluding hydrogens is 422 g/mol. The fourth-order valence-corrected chi connectivity index (χ4v) is 3.64. The minimum Gasteiger partial charge on any atom is -0.456 e. The van der Waals surface area contributed by atoms with Crippen LogP contribution in [-0.4, -0.2) is 30.2 Å². The number of hydrogen-bond acceptors (Lipinski definition) is 6. The number of Topliss-reactive ketones (excluding diaryl/α,β-unsaturated/α-hetero) is 2. The first-order chi connectivity index (χ1) is 14.5. The molecule has 0 unspecified atom stereocenters. The summed E-state index contributed by atoms with van der Waals surface area (Å²) in [4.78, 5) is 38.1. The van der Waals surface area contributed by atoms with Gasteiger partial charge in [-0.2, -0.15) is 0 Å². The Morgan fingerprint density at radius 1 is 1.00 bits per heavy atom. The Bertz CT molecular complexity index is 1030. The van der Waals surface area contributed by atoms with Crippen LogP contribution in [0.25, 0.3) is 0 Å². The number of carbonyl (C=O) groups excluding carboxylic acids is 3. The van der Waals surface area contributed by atoms with Gasteiger partial charge in [-0.25, -0.2) is 4.79 Å². The van der Waals surface area contributed by atoms with Gasteiger partial charge < -0.3 is 10.1 Å². The first kappa shape index (κ1) is 21.7. The lowest BCUT2D eigenvalue weighted by molar-refractivity contribution is -0.143. The predicted molar refractivity (Wildman–Crippen MR) is 119 cm³/mol. The molecule has 0 spiro atoms. The van der Waals surface area contributed by atoms with Crippen LogP contribution in [0.3, 0.4) is 0 Å². The first-order valence-electron chi connectivity index (χ1n) is 9.29. The van der Waals surface area contributed by atoms with E-state index in [0.717, 1.165) is 5.56 Å². The van der Waals surface area contributed by atoms with Crippen molar-refractivity contribution >= 4 is 46.2 Å². The van der Waals surface area contributed by atoms with Gasteiger partial charge in [0.05, 0.1) is 4.88 Å². The summed E-state index contributed by atoms with van der Waals surface area (Å²) in [5, 5.41) is 5.37. The van der Waals surface area contributed by atoms with Crippen LogP contribution in [0.15, 0.2) is 66.0 Å². The summed E-state index contributed by atoms with van der Waals surface area (Å²) in [6.45, 7) is 1.43. The second-order valence-corrected chi connectivity index (χ2v) is 7.97. The molecule has 0 radical (unpaired) electrons. The van der Waals surface area contributed by atoms with E-state index in [1.54, 1.807) is 60.0 Å². The molecule has 0 bridgehead atoms. The third kappa shape index (κ3) is 5.55. The maximum absolute atomic E-state index is 12.8. The average Bonchev–Trinajstić information content (AvgIpc) is 3.30. The van der Waals surface area contributed by atoms with E-state index in [1.165, 1.54) is 11.3 Å². The molecule has 3 aromatic rings. The van der Waals surface area contributed by atoms with Crippen molar-refractivity contribution in [2.75, 3.05) is 11.9 Å². The van der Waals surface area contributed by atoms with Crippen molar-refractivity contribution in [2.24, 2.45) is 0 Å². The molecule has 7 heteroatoms. The highest BCUT2D eigenvalue weighted by Gasteiger charge is 2.26. The van der Waals surface area contributed by atoms with Crippen molar-refractivity contribution in [3.63, 3.8) is 0 Å². The number of benzene rings is 2. The molecule has 30 heavy (non-hydrogen) atoms. The number of ether oxygens (including phenoxy) is 1. The van der Waals surface area contributed by atoms with Crippen LogP contribution in [0, 0.1) is 6.92 Å². The molecule has 5 nitrogen and oxygen atoms in total. The Morgan fingerprint density at radius 2 is 1.77 bits per heavy atom. The minimum atomic E-state index is -0.967. The molecule has 0 aliphatic heterocycles. The Balaban J connectivity index is 1.75. The topological polar surface area (TPSA) is 72.5 Å². The van der Waals surface area contributed by atoms with Gasteiger partial charge in [0, 0.05) is 22.7 Å². The molecule has 1 N–H and O–H groups in total. The molecule has 1 heterocycles. The molecule has 1 aromatic heterocycles. The molecule has 0 fully saturated rings. The van der Waals surface area contributed by atoms with Crippen molar-refractivity contribution in [1.82, 2.24) is 0 Å². The number of halogens is 1. The number of nitrogens with one attached hydrogen (secondary N) is 1. The fourth-order valence-electron chi connectivity index (χ4n) is 2.82. The van der Waals surface area contributed by atoms with Crippen molar-refractivity contribution in [3.05, 3.63) is 87.1 Å². The number of thiophene rings is 1. The summed E-state index contributed by atoms with van der Waals surface area (Å²) in [6.07, 6.45) is -0.123. The van der Waals surface area contributed by atoms with Gasteiger partial charge in [-0.05, 0) is 36.1 Å². The highest BCUT2D eigenvalue weighted by atomic mass is 35.5. The standard InChI is InChI=1S/C23H20ClNO4S/c1-15-17(24)9-5-10-18(15)25-19(13-20(26)16-7-3-2-4-8-16)23(28)29-14-21(27)22-11-6-12-30-22/h2-12,19,25H,13-14H2,1H3/t19-/m1/s1. The Labute approximate surface area is 183 Å². The van der Waals surface area contributed by atoms with E-state index in [0.29, 0.717) is 21.2 Å². The molecule has 0 aliphatic carbocycles. The van der Waals surface area contributed by atoms with E-state index in [-0.39, 0.29) is 24.6 Å². The second-order valence-electron chi connectivity index (χ2n) is 6.61. The predicted octanol–water partition coefficient (Wildman–Crippen LogP) is 5.19. The van der Waals surface area contributed by atoms with Gasteiger partial charge >= 0.3 is 5.97 Å². The number of anilines is 1. The third-order valence-electron chi connectivity index (χ3n) is 4.51. The highest BCUT2D eigenvalue weighted by molar-refractivity contribution is 7.12. The van der Waals surface area contributed by atoms with Gasteiger partial charge in [0.25, 0.3) is 0 Å². The largest absolute Gasteiger partial charge is 0.456 e. The quantitative estimate of drug-likeness (QED) is 0.365. The number of ketones is 2. The van der Waals surface area contributed by atoms with E-state index in [4.69, 9.17) is 16.3 Å². The smallest absolute Gasteiger partial charge is 0.329 e. The van der Waals surface area contributed by atoms with Gasteiger partial charge in [0.2, 0.25) is 5.78 Å². The summed E-state index contributed by atoms with van der Waals surface area (Å²) in [7, 11) is 0. The van der Waals surface area contributed by atoms with Crippen molar-refractivity contribution in [3.8, 4) is 0 Å². The number of carbonyl (C=O) groups is 3. The summed E-state index contributed by atoms with van der Waals surface area (Å²) in [5.74, 6) is -1.18. The summed E-state index contributed by atoms with van der Waals surface area (Å²) >= 11 is 7.45. The molecule has 1 atom stereocenters. The summed E-state index contributed by atoms with van der Waals surface area (Å²) in [6, 6.07) is 16.4. The molecule has 0 saturated heterocycles.